The highest BCUT2D eigenvalue weighted by molar-refractivity contribution is 5.94. The van der Waals surface area contributed by atoms with Crippen molar-refractivity contribution in [3.8, 4) is 11.6 Å². The maximum Gasteiger partial charge on any atom is 0.257 e. The highest BCUT2D eigenvalue weighted by atomic mass is 16.5. The molecule has 8 heteroatoms. The molecular formula is C20H18N4O4. The Bertz CT molecular complexity index is 961. The standard InChI is InChI=1S/C20H18N4O4/c1-13(25)23-17-11-18(22-12-21-17)28-16-9-7-15(8-10-16)24-20(27)19(26)14-5-3-2-4-6-14/h2-12,19,26H,1H3,(H,24,27)(H,21,22,23,25)/t19-/m1/s1. The molecule has 0 aliphatic heterocycles. The van der Waals surface area contributed by atoms with Crippen LogP contribution in [0.2, 0.25) is 0 Å². The number of hydrogen-bond acceptors (Lipinski definition) is 6. The predicted molar refractivity (Wildman–Crippen MR) is 103 cm³/mol. The summed E-state index contributed by atoms with van der Waals surface area (Å²) < 4.78 is 5.61. The Morgan fingerprint density at radius 3 is 2.39 bits per heavy atom. The number of anilines is 2. The third-order valence-electron chi connectivity index (χ3n) is 3.65. The van der Waals surface area contributed by atoms with Gasteiger partial charge in [0.25, 0.3) is 5.91 Å². The summed E-state index contributed by atoms with van der Waals surface area (Å²) >= 11 is 0. The number of aliphatic hydroxyl groups excluding tert-OH is 1. The van der Waals surface area contributed by atoms with E-state index in [1.54, 1.807) is 48.5 Å². The molecule has 0 spiro atoms. The van der Waals surface area contributed by atoms with E-state index in [2.05, 4.69) is 20.6 Å². The van der Waals surface area contributed by atoms with Gasteiger partial charge in [-0.1, -0.05) is 30.3 Å². The Kier molecular flexibility index (Phi) is 5.93. The highest BCUT2D eigenvalue weighted by Crippen LogP contribution is 2.23. The molecule has 1 atom stereocenters. The van der Waals surface area contributed by atoms with Gasteiger partial charge in [0.05, 0.1) is 0 Å². The molecule has 2 aromatic carbocycles. The van der Waals surface area contributed by atoms with Gasteiger partial charge in [-0.3, -0.25) is 9.59 Å². The van der Waals surface area contributed by atoms with Crippen LogP contribution < -0.4 is 15.4 Å². The van der Waals surface area contributed by atoms with Gasteiger partial charge in [-0.05, 0) is 29.8 Å². The summed E-state index contributed by atoms with van der Waals surface area (Å²) in [6, 6.07) is 16.7. The molecule has 0 unspecified atom stereocenters. The van der Waals surface area contributed by atoms with Gasteiger partial charge in [0.15, 0.2) is 6.10 Å². The van der Waals surface area contributed by atoms with Crippen molar-refractivity contribution in [3.05, 3.63) is 72.6 Å². The Hall–Kier alpha value is -3.78. The SMILES string of the molecule is CC(=O)Nc1cc(Oc2ccc(NC(=O)[C@H](O)c3ccccc3)cc2)ncn1. The molecule has 0 aliphatic carbocycles. The fraction of sp³-hybridized carbons (Fsp3) is 0.100. The van der Waals surface area contributed by atoms with Crippen LogP contribution in [0.25, 0.3) is 0 Å². The van der Waals surface area contributed by atoms with Crippen molar-refractivity contribution in [2.45, 2.75) is 13.0 Å². The Labute approximate surface area is 161 Å². The number of carbonyl (C=O) groups is 2. The molecule has 0 bridgehead atoms. The van der Waals surface area contributed by atoms with Crippen molar-refractivity contribution in [3.63, 3.8) is 0 Å². The normalized spacial score (nSPS) is 11.4. The number of rotatable bonds is 6. The minimum atomic E-state index is -1.26. The van der Waals surface area contributed by atoms with Crippen LogP contribution >= 0.6 is 0 Å². The zero-order valence-corrected chi connectivity index (χ0v) is 15.0. The van der Waals surface area contributed by atoms with E-state index in [1.165, 1.54) is 19.3 Å². The first-order chi connectivity index (χ1) is 13.5. The quantitative estimate of drug-likeness (QED) is 0.608. The summed E-state index contributed by atoms with van der Waals surface area (Å²) in [5.41, 5.74) is 1.02. The molecule has 1 heterocycles. The van der Waals surface area contributed by atoms with Crippen LogP contribution in [0.3, 0.4) is 0 Å². The number of nitrogens with zero attached hydrogens (tertiary/aromatic N) is 2. The smallest absolute Gasteiger partial charge is 0.257 e. The molecule has 2 amide bonds. The first-order valence-electron chi connectivity index (χ1n) is 8.43. The van der Waals surface area contributed by atoms with Gasteiger partial charge in [0, 0.05) is 18.7 Å². The second-order valence-electron chi connectivity index (χ2n) is 5.85. The maximum absolute atomic E-state index is 12.2. The monoisotopic (exact) mass is 378 g/mol. The number of hydrogen-bond donors (Lipinski definition) is 3. The minimum Gasteiger partial charge on any atom is -0.439 e. The molecule has 0 saturated carbocycles. The summed E-state index contributed by atoms with van der Waals surface area (Å²) in [4.78, 5) is 31.2. The maximum atomic E-state index is 12.2. The van der Waals surface area contributed by atoms with Crippen molar-refractivity contribution >= 4 is 23.3 Å². The summed E-state index contributed by atoms with van der Waals surface area (Å²) in [5.74, 6) is 0.290. The Morgan fingerprint density at radius 2 is 1.71 bits per heavy atom. The lowest BCUT2D eigenvalue weighted by Gasteiger charge is -2.12. The molecule has 8 nitrogen and oxygen atoms in total. The van der Waals surface area contributed by atoms with Gasteiger partial charge in [0.1, 0.15) is 17.9 Å². The summed E-state index contributed by atoms with van der Waals surface area (Å²) in [5, 5.41) is 15.3. The number of nitrogens with one attached hydrogen (secondary N) is 2. The largest absolute Gasteiger partial charge is 0.439 e. The minimum absolute atomic E-state index is 0.248. The average Bonchev–Trinajstić information content (AvgIpc) is 2.69. The van der Waals surface area contributed by atoms with Crippen LogP contribution in [0.15, 0.2) is 67.0 Å². The molecule has 3 rings (SSSR count). The van der Waals surface area contributed by atoms with Gasteiger partial charge in [0.2, 0.25) is 11.8 Å². The third-order valence-corrected chi connectivity index (χ3v) is 3.65. The van der Waals surface area contributed by atoms with Crippen LogP contribution in [-0.4, -0.2) is 26.9 Å². The Balaban J connectivity index is 1.62. The van der Waals surface area contributed by atoms with E-state index >= 15 is 0 Å². The second kappa shape index (κ2) is 8.74. The van der Waals surface area contributed by atoms with Gasteiger partial charge in [-0.15, -0.1) is 0 Å². The number of amides is 2. The molecular weight excluding hydrogens is 360 g/mol. The van der Waals surface area contributed by atoms with E-state index in [-0.39, 0.29) is 11.8 Å². The van der Waals surface area contributed by atoms with Crippen molar-refractivity contribution in [1.29, 1.82) is 0 Å². The first-order valence-corrected chi connectivity index (χ1v) is 8.43. The number of benzene rings is 2. The summed E-state index contributed by atoms with van der Waals surface area (Å²) in [6.07, 6.45) is 0.0190. The molecule has 3 N–H and O–H groups in total. The lowest BCUT2D eigenvalue weighted by atomic mass is 10.1. The molecule has 0 aliphatic rings. The van der Waals surface area contributed by atoms with Gasteiger partial charge in [-0.2, -0.15) is 0 Å². The topological polar surface area (TPSA) is 113 Å². The number of aromatic nitrogens is 2. The number of aliphatic hydroxyl groups is 1. The van der Waals surface area contributed by atoms with Crippen LogP contribution in [0.1, 0.15) is 18.6 Å². The van der Waals surface area contributed by atoms with E-state index < -0.39 is 12.0 Å². The van der Waals surface area contributed by atoms with Crippen LogP contribution in [0.5, 0.6) is 11.6 Å². The van der Waals surface area contributed by atoms with Crippen LogP contribution in [0.4, 0.5) is 11.5 Å². The molecule has 28 heavy (non-hydrogen) atoms. The van der Waals surface area contributed by atoms with Gasteiger partial charge in [-0.25, -0.2) is 9.97 Å². The van der Waals surface area contributed by atoms with E-state index in [0.29, 0.717) is 22.8 Å². The fourth-order valence-corrected chi connectivity index (χ4v) is 2.37. The second-order valence-corrected chi connectivity index (χ2v) is 5.85. The van der Waals surface area contributed by atoms with E-state index in [4.69, 9.17) is 4.74 Å². The van der Waals surface area contributed by atoms with Gasteiger partial charge >= 0.3 is 0 Å². The van der Waals surface area contributed by atoms with E-state index in [0.717, 1.165) is 0 Å². The predicted octanol–water partition coefficient (Wildman–Crippen LogP) is 2.90. The zero-order valence-electron chi connectivity index (χ0n) is 15.0. The summed E-state index contributed by atoms with van der Waals surface area (Å²) in [6.45, 7) is 1.38. The first kappa shape index (κ1) is 19.0. The van der Waals surface area contributed by atoms with Crippen molar-refractivity contribution in [2.24, 2.45) is 0 Å². The summed E-state index contributed by atoms with van der Waals surface area (Å²) in [7, 11) is 0. The fourth-order valence-electron chi connectivity index (χ4n) is 2.37. The van der Waals surface area contributed by atoms with Crippen molar-refractivity contribution in [1.82, 2.24) is 9.97 Å². The third kappa shape index (κ3) is 5.12. The Morgan fingerprint density at radius 1 is 1.00 bits per heavy atom. The lowest BCUT2D eigenvalue weighted by Crippen LogP contribution is -2.20. The lowest BCUT2D eigenvalue weighted by molar-refractivity contribution is -0.124. The molecule has 0 saturated heterocycles. The molecule has 3 aromatic rings. The van der Waals surface area contributed by atoms with Crippen molar-refractivity contribution in [2.75, 3.05) is 10.6 Å². The molecule has 1 aromatic heterocycles. The zero-order chi connectivity index (χ0) is 19.9. The number of carbonyl (C=O) groups excluding carboxylic acids is 2. The van der Waals surface area contributed by atoms with Gasteiger partial charge < -0.3 is 20.5 Å². The van der Waals surface area contributed by atoms with Crippen molar-refractivity contribution < 1.29 is 19.4 Å². The van der Waals surface area contributed by atoms with Crippen LogP contribution in [-0.2, 0) is 9.59 Å². The number of ether oxygens (including phenoxy) is 1. The molecule has 142 valence electrons. The van der Waals surface area contributed by atoms with E-state index in [1.807, 2.05) is 6.07 Å². The van der Waals surface area contributed by atoms with E-state index in [9.17, 15) is 14.7 Å². The molecule has 0 radical (unpaired) electrons. The van der Waals surface area contributed by atoms with Crippen LogP contribution in [0, 0.1) is 0 Å². The molecule has 0 fully saturated rings. The average molecular weight is 378 g/mol. The highest BCUT2D eigenvalue weighted by Gasteiger charge is 2.17.